The molecule has 0 aliphatic carbocycles. The van der Waals surface area contributed by atoms with Crippen LogP contribution in [0.4, 0.5) is 21.5 Å². The van der Waals surface area contributed by atoms with E-state index in [0.717, 1.165) is 10.2 Å². The molecule has 0 aliphatic rings. The number of hydrogen-bond acceptors (Lipinski definition) is 2. The lowest BCUT2D eigenvalue weighted by atomic mass is 10.2. The van der Waals surface area contributed by atoms with E-state index in [-0.39, 0.29) is 0 Å². The van der Waals surface area contributed by atoms with Crippen LogP contribution >= 0.6 is 43.5 Å². The lowest BCUT2D eigenvalue weighted by Crippen LogP contribution is -1.97. The Balaban J connectivity index is 2.34. The molecule has 2 aromatic carbocycles. The highest BCUT2D eigenvalue weighted by Crippen LogP contribution is 2.31. The van der Waals surface area contributed by atoms with E-state index in [1.165, 1.54) is 6.07 Å². The number of nitrogen functional groups attached to an aromatic ring is 1. The Hall–Kier alpha value is -0.780. The Morgan fingerprint density at radius 1 is 1.11 bits per heavy atom. The largest absolute Gasteiger partial charge is 0.397 e. The van der Waals surface area contributed by atoms with Gasteiger partial charge in [-0.05, 0) is 56.1 Å². The summed E-state index contributed by atoms with van der Waals surface area (Å²) in [6, 6.07) is 8.25. The van der Waals surface area contributed by atoms with Crippen molar-refractivity contribution in [2.75, 3.05) is 11.1 Å². The molecule has 3 N–H and O–H groups in total. The van der Waals surface area contributed by atoms with Crippen molar-refractivity contribution in [3.63, 3.8) is 0 Å². The van der Waals surface area contributed by atoms with E-state index in [0.29, 0.717) is 20.9 Å². The SMILES string of the molecule is Nc1cc(F)c(Br)cc1Nc1ccc(Br)c(Cl)c1. The first-order valence-corrected chi connectivity index (χ1v) is 6.90. The lowest BCUT2D eigenvalue weighted by molar-refractivity contribution is 0.622. The standard InChI is InChI=1S/C12H8Br2ClFN2/c13-7-2-1-6(3-9(7)15)18-12-4-8(14)10(16)5-11(12)17/h1-5,18H,17H2. The Bertz CT molecular complexity index is 605. The van der Waals surface area contributed by atoms with Gasteiger partial charge in [-0.25, -0.2) is 4.39 Å². The van der Waals surface area contributed by atoms with Crippen molar-refractivity contribution in [1.82, 2.24) is 0 Å². The Morgan fingerprint density at radius 2 is 1.83 bits per heavy atom. The van der Waals surface area contributed by atoms with Gasteiger partial charge in [-0.3, -0.25) is 0 Å². The molecule has 94 valence electrons. The monoisotopic (exact) mass is 392 g/mol. The average molecular weight is 394 g/mol. The van der Waals surface area contributed by atoms with Crippen molar-refractivity contribution in [3.8, 4) is 0 Å². The van der Waals surface area contributed by atoms with Crippen LogP contribution < -0.4 is 11.1 Å². The van der Waals surface area contributed by atoms with E-state index in [9.17, 15) is 4.39 Å². The Kier molecular flexibility index (Phi) is 4.14. The molecule has 0 bridgehead atoms. The predicted octanol–water partition coefficient (Wildman–Crippen LogP) is 5.33. The second kappa shape index (κ2) is 5.47. The van der Waals surface area contributed by atoms with Crippen molar-refractivity contribution in [2.45, 2.75) is 0 Å². The van der Waals surface area contributed by atoms with Crippen LogP contribution in [0, 0.1) is 5.82 Å². The zero-order chi connectivity index (χ0) is 13.3. The second-order valence-corrected chi connectivity index (χ2v) is 5.72. The van der Waals surface area contributed by atoms with Crippen molar-refractivity contribution < 1.29 is 4.39 Å². The van der Waals surface area contributed by atoms with Crippen molar-refractivity contribution >= 4 is 60.5 Å². The van der Waals surface area contributed by atoms with Crippen LogP contribution in [-0.2, 0) is 0 Å². The van der Waals surface area contributed by atoms with Crippen LogP contribution in [0.1, 0.15) is 0 Å². The van der Waals surface area contributed by atoms with E-state index in [1.807, 2.05) is 12.1 Å². The summed E-state index contributed by atoms with van der Waals surface area (Å²) < 4.78 is 14.4. The molecule has 0 amide bonds. The molecule has 0 unspecified atom stereocenters. The first kappa shape index (κ1) is 13.6. The minimum atomic E-state index is -0.396. The third kappa shape index (κ3) is 2.96. The smallest absolute Gasteiger partial charge is 0.139 e. The molecule has 2 rings (SSSR count). The van der Waals surface area contributed by atoms with Gasteiger partial charge in [-0.1, -0.05) is 11.6 Å². The fraction of sp³-hybridized carbons (Fsp3) is 0. The van der Waals surface area contributed by atoms with Gasteiger partial charge in [0, 0.05) is 16.2 Å². The number of benzene rings is 2. The number of anilines is 3. The van der Waals surface area contributed by atoms with E-state index < -0.39 is 5.82 Å². The third-order valence-electron chi connectivity index (χ3n) is 2.29. The average Bonchev–Trinajstić information content (AvgIpc) is 2.31. The van der Waals surface area contributed by atoms with E-state index in [2.05, 4.69) is 37.2 Å². The molecule has 0 spiro atoms. The maximum atomic E-state index is 13.2. The third-order valence-corrected chi connectivity index (χ3v) is 4.13. The number of rotatable bonds is 2. The number of halogens is 4. The van der Waals surface area contributed by atoms with Crippen LogP contribution in [-0.4, -0.2) is 0 Å². The quantitative estimate of drug-likeness (QED) is 0.676. The molecule has 18 heavy (non-hydrogen) atoms. The van der Waals surface area contributed by atoms with E-state index in [4.69, 9.17) is 17.3 Å². The van der Waals surface area contributed by atoms with Gasteiger partial charge in [0.05, 0.1) is 20.9 Å². The molecular formula is C12H8Br2ClFN2. The molecule has 2 aromatic rings. The Labute approximate surface area is 126 Å². The number of hydrogen-bond donors (Lipinski definition) is 2. The zero-order valence-electron chi connectivity index (χ0n) is 8.98. The van der Waals surface area contributed by atoms with E-state index in [1.54, 1.807) is 12.1 Å². The van der Waals surface area contributed by atoms with Crippen LogP contribution in [0.5, 0.6) is 0 Å². The first-order valence-electron chi connectivity index (χ1n) is 4.94. The summed E-state index contributed by atoms with van der Waals surface area (Å²) in [5, 5.41) is 3.66. The van der Waals surface area contributed by atoms with Crippen LogP contribution in [0.2, 0.25) is 5.02 Å². The molecule has 0 saturated carbocycles. The van der Waals surface area contributed by atoms with Crippen LogP contribution in [0.15, 0.2) is 39.3 Å². The molecule has 0 saturated heterocycles. The van der Waals surface area contributed by atoms with Gasteiger partial charge in [0.2, 0.25) is 0 Å². The molecular weight excluding hydrogens is 386 g/mol. The summed E-state index contributed by atoms with van der Waals surface area (Å²) in [6.07, 6.45) is 0. The molecule has 0 fully saturated rings. The number of nitrogens with two attached hydrogens (primary N) is 1. The summed E-state index contributed by atoms with van der Waals surface area (Å²) >= 11 is 12.4. The summed E-state index contributed by atoms with van der Waals surface area (Å²) in [4.78, 5) is 0. The fourth-order valence-electron chi connectivity index (χ4n) is 1.40. The minimum absolute atomic E-state index is 0.328. The summed E-state index contributed by atoms with van der Waals surface area (Å²) in [7, 11) is 0. The van der Waals surface area contributed by atoms with Gasteiger partial charge in [-0.2, -0.15) is 0 Å². The van der Waals surface area contributed by atoms with Gasteiger partial charge in [0.25, 0.3) is 0 Å². The maximum absolute atomic E-state index is 13.2. The molecule has 0 aromatic heterocycles. The second-order valence-electron chi connectivity index (χ2n) is 3.61. The molecule has 0 aliphatic heterocycles. The van der Waals surface area contributed by atoms with Gasteiger partial charge in [-0.15, -0.1) is 0 Å². The van der Waals surface area contributed by atoms with Crippen LogP contribution in [0.3, 0.4) is 0 Å². The van der Waals surface area contributed by atoms with Gasteiger partial charge in [0.15, 0.2) is 0 Å². The normalized spacial score (nSPS) is 10.4. The van der Waals surface area contributed by atoms with Crippen molar-refractivity contribution in [1.29, 1.82) is 0 Å². The van der Waals surface area contributed by atoms with Gasteiger partial charge >= 0.3 is 0 Å². The van der Waals surface area contributed by atoms with E-state index >= 15 is 0 Å². The summed E-state index contributed by atoms with van der Waals surface area (Å²) in [6.45, 7) is 0. The van der Waals surface area contributed by atoms with Crippen molar-refractivity contribution in [2.24, 2.45) is 0 Å². The summed E-state index contributed by atoms with van der Waals surface area (Å²) in [5.41, 5.74) is 7.45. The molecule has 6 heteroatoms. The fourth-order valence-corrected chi connectivity index (χ4v) is 2.17. The Morgan fingerprint density at radius 3 is 2.50 bits per heavy atom. The molecule has 2 nitrogen and oxygen atoms in total. The maximum Gasteiger partial charge on any atom is 0.139 e. The molecule has 0 heterocycles. The predicted molar refractivity (Wildman–Crippen MR) is 80.9 cm³/mol. The van der Waals surface area contributed by atoms with Crippen molar-refractivity contribution in [3.05, 3.63) is 50.1 Å². The highest BCUT2D eigenvalue weighted by atomic mass is 79.9. The topological polar surface area (TPSA) is 38.0 Å². The zero-order valence-corrected chi connectivity index (χ0v) is 12.9. The van der Waals surface area contributed by atoms with Crippen LogP contribution in [0.25, 0.3) is 0 Å². The highest BCUT2D eigenvalue weighted by Gasteiger charge is 2.07. The number of nitrogens with one attached hydrogen (secondary N) is 1. The van der Waals surface area contributed by atoms with Gasteiger partial charge < -0.3 is 11.1 Å². The summed E-state index contributed by atoms with van der Waals surface area (Å²) in [5.74, 6) is -0.396. The minimum Gasteiger partial charge on any atom is -0.397 e. The highest BCUT2D eigenvalue weighted by molar-refractivity contribution is 9.10. The molecule has 0 radical (unpaired) electrons. The first-order chi connectivity index (χ1) is 8.47. The lowest BCUT2D eigenvalue weighted by Gasteiger charge is -2.11. The molecule has 0 atom stereocenters. The van der Waals surface area contributed by atoms with Gasteiger partial charge in [0.1, 0.15) is 5.82 Å².